The number of likely N-dealkylation sites (N-methyl/N-ethyl adjacent to an activating group) is 1. The van der Waals surface area contributed by atoms with Crippen LogP contribution in [0.15, 0.2) is 42.5 Å². The maximum atomic E-state index is 12.4. The SMILES string of the molecule is COc1ccc(OC)c(C(C)NC(=O)N(C)CCOc2cccc(Cl)c2)c1.Cl. The monoisotopic (exact) mass is 428 g/mol. The number of halogens is 2. The second-order valence-corrected chi connectivity index (χ2v) is 6.44. The van der Waals surface area contributed by atoms with Crippen molar-refractivity contribution in [3.63, 3.8) is 0 Å². The van der Waals surface area contributed by atoms with E-state index in [4.69, 9.17) is 25.8 Å². The lowest BCUT2D eigenvalue weighted by molar-refractivity contribution is 0.192. The van der Waals surface area contributed by atoms with E-state index in [2.05, 4.69) is 5.32 Å². The Morgan fingerprint density at radius 2 is 1.89 bits per heavy atom. The van der Waals surface area contributed by atoms with E-state index in [-0.39, 0.29) is 24.5 Å². The molecule has 0 bridgehead atoms. The molecule has 0 heterocycles. The Labute approximate surface area is 177 Å². The summed E-state index contributed by atoms with van der Waals surface area (Å²) in [5, 5.41) is 3.57. The first-order valence-corrected chi connectivity index (χ1v) is 8.94. The molecule has 2 aromatic rings. The van der Waals surface area contributed by atoms with Crippen LogP contribution in [0.2, 0.25) is 5.02 Å². The molecule has 6 nitrogen and oxygen atoms in total. The summed E-state index contributed by atoms with van der Waals surface area (Å²) in [6.07, 6.45) is 0. The van der Waals surface area contributed by atoms with Gasteiger partial charge in [-0.15, -0.1) is 12.4 Å². The van der Waals surface area contributed by atoms with Crippen molar-refractivity contribution in [2.45, 2.75) is 13.0 Å². The molecule has 0 aromatic heterocycles. The largest absolute Gasteiger partial charge is 0.497 e. The number of nitrogens with one attached hydrogen (secondary N) is 1. The molecule has 8 heteroatoms. The molecule has 0 aliphatic heterocycles. The number of methoxy groups -OCH3 is 2. The molecule has 1 atom stereocenters. The number of benzene rings is 2. The van der Waals surface area contributed by atoms with Gasteiger partial charge in [0.2, 0.25) is 0 Å². The number of urea groups is 1. The van der Waals surface area contributed by atoms with Crippen molar-refractivity contribution in [1.82, 2.24) is 10.2 Å². The van der Waals surface area contributed by atoms with Crippen LogP contribution in [0.25, 0.3) is 0 Å². The summed E-state index contributed by atoms with van der Waals surface area (Å²) in [6.45, 7) is 2.69. The zero-order valence-corrected chi connectivity index (χ0v) is 18.0. The molecule has 2 aromatic carbocycles. The molecule has 2 amide bonds. The molecule has 2 rings (SSSR count). The zero-order chi connectivity index (χ0) is 19.8. The second kappa shape index (κ2) is 11.5. The highest BCUT2D eigenvalue weighted by atomic mass is 35.5. The summed E-state index contributed by atoms with van der Waals surface area (Å²) in [4.78, 5) is 14.0. The first-order chi connectivity index (χ1) is 12.9. The van der Waals surface area contributed by atoms with Crippen molar-refractivity contribution >= 4 is 30.0 Å². The van der Waals surface area contributed by atoms with Crippen LogP contribution in [-0.4, -0.2) is 45.3 Å². The highest BCUT2D eigenvalue weighted by molar-refractivity contribution is 6.30. The quantitative estimate of drug-likeness (QED) is 0.669. The van der Waals surface area contributed by atoms with Crippen molar-refractivity contribution in [1.29, 1.82) is 0 Å². The number of ether oxygens (including phenoxy) is 3. The molecule has 1 unspecified atom stereocenters. The average molecular weight is 429 g/mol. The van der Waals surface area contributed by atoms with E-state index < -0.39 is 0 Å². The Balaban J connectivity index is 0.00000392. The predicted octanol–water partition coefficient (Wildman–Crippen LogP) is 4.56. The van der Waals surface area contributed by atoms with Gasteiger partial charge < -0.3 is 24.4 Å². The van der Waals surface area contributed by atoms with Crippen molar-refractivity contribution in [2.24, 2.45) is 0 Å². The number of hydrogen-bond donors (Lipinski definition) is 1. The van der Waals surface area contributed by atoms with Gasteiger partial charge in [0.1, 0.15) is 23.9 Å². The number of nitrogens with zero attached hydrogens (tertiary/aromatic N) is 1. The van der Waals surface area contributed by atoms with Gasteiger partial charge in [-0.1, -0.05) is 17.7 Å². The van der Waals surface area contributed by atoms with Gasteiger partial charge in [-0.3, -0.25) is 0 Å². The van der Waals surface area contributed by atoms with Gasteiger partial charge in [0.15, 0.2) is 0 Å². The summed E-state index contributed by atoms with van der Waals surface area (Å²) >= 11 is 5.92. The van der Waals surface area contributed by atoms with Crippen molar-refractivity contribution in [2.75, 3.05) is 34.4 Å². The molecule has 0 fully saturated rings. The second-order valence-electron chi connectivity index (χ2n) is 6.01. The third-order valence-electron chi connectivity index (χ3n) is 4.08. The van der Waals surface area contributed by atoms with Crippen LogP contribution >= 0.6 is 24.0 Å². The van der Waals surface area contributed by atoms with Gasteiger partial charge in [-0.05, 0) is 43.3 Å². The number of rotatable bonds is 8. The molecule has 1 N–H and O–H groups in total. The zero-order valence-electron chi connectivity index (χ0n) is 16.4. The summed E-state index contributed by atoms with van der Waals surface area (Å²) in [6, 6.07) is 12.2. The maximum Gasteiger partial charge on any atom is 0.317 e. The molecule has 0 aliphatic carbocycles. The Hall–Kier alpha value is -2.31. The van der Waals surface area contributed by atoms with E-state index in [1.54, 1.807) is 38.3 Å². The van der Waals surface area contributed by atoms with Crippen LogP contribution in [0.4, 0.5) is 4.79 Å². The minimum Gasteiger partial charge on any atom is -0.497 e. The Morgan fingerprint density at radius 3 is 2.54 bits per heavy atom. The minimum atomic E-state index is -0.251. The smallest absolute Gasteiger partial charge is 0.317 e. The predicted molar refractivity (Wildman–Crippen MR) is 113 cm³/mol. The van der Waals surface area contributed by atoms with Crippen LogP contribution in [0.1, 0.15) is 18.5 Å². The van der Waals surface area contributed by atoms with Gasteiger partial charge >= 0.3 is 6.03 Å². The molecule has 0 radical (unpaired) electrons. The van der Waals surface area contributed by atoms with Gasteiger partial charge in [-0.25, -0.2) is 4.79 Å². The summed E-state index contributed by atoms with van der Waals surface area (Å²) in [5.74, 6) is 2.07. The third kappa shape index (κ3) is 6.69. The third-order valence-corrected chi connectivity index (χ3v) is 4.32. The fourth-order valence-corrected chi connectivity index (χ4v) is 2.69. The van der Waals surface area contributed by atoms with Crippen LogP contribution < -0.4 is 19.5 Å². The standard InChI is InChI=1S/C20H25ClN2O4.ClH/c1-14(18-13-16(25-3)8-9-19(18)26-4)22-20(24)23(2)10-11-27-17-7-5-6-15(21)12-17;/h5-9,12-14H,10-11H2,1-4H3,(H,22,24);1H. The Kier molecular flexibility index (Phi) is 9.76. The van der Waals surface area contributed by atoms with E-state index in [1.807, 2.05) is 37.3 Å². The Bertz CT molecular complexity index is 774. The highest BCUT2D eigenvalue weighted by Crippen LogP contribution is 2.29. The molecule has 0 saturated heterocycles. The molecule has 0 aliphatic rings. The fraction of sp³-hybridized carbons (Fsp3) is 0.350. The lowest BCUT2D eigenvalue weighted by Gasteiger charge is -2.23. The van der Waals surface area contributed by atoms with Crippen LogP contribution in [-0.2, 0) is 0 Å². The van der Waals surface area contributed by atoms with E-state index in [9.17, 15) is 4.79 Å². The van der Waals surface area contributed by atoms with Crippen molar-refractivity contribution in [3.05, 3.63) is 53.1 Å². The highest BCUT2D eigenvalue weighted by Gasteiger charge is 2.17. The normalized spacial score (nSPS) is 11.0. The number of hydrogen-bond acceptors (Lipinski definition) is 4. The van der Waals surface area contributed by atoms with Crippen molar-refractivity contribution in [3.8, 4) is 17.2 Å². The fourth-order valence-electron chi connectivity index (χ4n) is 2.51. The maximum absolute atomic E-state index is 12.4. The summed E-state index contributed by atoms with van der Waals surface area (Å²) in [7, 11) is 4.91. The molecule has 154 valence electrons. The Morgan fingerprint density at radius 1 is 1.14 bits per heavy atom. The molecule has 0 saturated carbocycles. The first-order valence-electron chi connectivity index (χ1n) is 8.56. The van der Waals surface area contributed by atoms with Gasteiger partial charge in [0.25, 0.3) is 0 Å². The van der Waals surface area contributed by atoms with E-state index in [1.165, 1.54) is 0 Å². The van der Waals surface area contributed by atoms with Crippen LogP contribution in [0, 0.1) is 0 Å². The summed E-state index contributed by atoms with van der Waals surface area (Å²) < 4.78 is 16.3. The van der Waals surface area contributed by atoms with E-state index in [0.29, 0.717) is 35.4 Å². The number of carbonyl (C=O) groups is 1. The molecule has 28 heavy (non-hydrogen) atoms. The lowest BCUT2D eigenvalue weighted by atomic mass is 10.1. The van der Waals surface area contributed by atoms with Crippen LogP contribution in [0.5, 0.6) is 17.2 Å². The minimum absolute atomic E-state index is 0. The van der Waals surface area contributed by atoms with Crippen molar-refractivity contribution < 1.29 is 19.0 Å². The van der Waals surface area contributed by atoms with Gasteiger partial charge in [0.05, 0.1) is 26.8 Å². The van der Waals surface area contributed by atoms with Crippen LogP contribution in [0.3, 0.4) is 0 Å². The van der Waals surface area contributed by atoms with E-state index in [0.717, 1.165) is 5.56 Å². The lowest BCUT2D eigenvalue weighted by Crippen LogP contribution is -2.40. The molecule has 0 spiro atoms. The first kappa shape index (κ1) is 23.7. The molecular weight excluding hydrogens is 403 g/mol. The summed E-state index contributed by atoms with van der Waals surface area (Å²) in [5.41, 5.74) is 0.841. The van der Waals surface area contributed by atoms with Gasteiger partial charge in [0, 0.05) is 17.6 Å². The molecular formula is C20H26Cl2N2O4. The topological polar surface area (TPSA) is 60.0 Å². The number of carbonyl (C=O) groups excluding carboxylic acids is 1. The van der Waals surface area contributed by atoms with E-state index >= 15 is 0 Å². The average Bonchev–Trinajstić information content (AvgIpc) is 2.67. The number of amides is 2. The van der Waals surface area contributed by atoms with Gasteiger partial charge in [-0.2, -0.15) is 0 Å².